The van der Waals surface area contributed by atoms with Crippen molar-refractivity contribution < 1.29 is 0 Å². The van der Waals surface area contributed by atoms with Gasteiger partial charge in [-0.2, -0.15) is 12.6 Å². The third-order valence-electron chi connectivity index (χ3n) is 1.69. The van der Waals surface area contributed by atoms with Crippen molar-refractivity contribution >= 4 is 25.0 Å². The van der Waals surface area contributed by atoms with Gasteiger partial charge in [0.05, 0.1) is 0 Å². The van der Waals surface area contributed by atoms with Gasteiger partial charge in [0.1, 0.15) is 0 Å². The summed E-state index contributed by atoms with van der Waals surface area (Å²) in [6.45, 7) is 2.13. The van der Waals surface area contributed by atoms with Gasteiger partial charge >= 0.3 is 0 Å². The molecule has 2 heteroatoms. The second-order valence-electron chi connectivity index (χ2n) is 2.87. The van der Waals surface area contributed by atoms with Gasteiger partial charge in [-0.1, -0.05) is 37.3 Å². The zero-order chi connectivity index (χ0) is 8.10. The van der Waals surface area contributed by atoms with Gasteiger partial charge in [-0.25, -0.2) is 0 Å². The Bertz CT molecular complexity index is 196. The molecule has 0 aliphatic heterocycles. The molecule has 12 heavy (non-hydrogen) atoms. The average molecular weight is 203 g/mol. The molecule has 0 aromatic heterocycles. The van der Waals surface area contributed by atoms with Crippen LogP contribution in [0.1, 0.15) is 18.9 Å². The largest absolute Gasteiger partial charge is 0.176 e. The van der Waals surface area contributed by atoms with Gasteiger partial charge in [-0.15, -0.1) is 12.4 Å². The van der Waals surface area contributed by atoms with Crippen molar-refractivity contribution in [3.8, 4) is 0 Å². The Morgan fingerprint density at radius 1 is 1.25 bits per heavy atom. The van der Waals surface area contributed by atoms with Gasteiger partial charge in [-0.05, 0) is 23.7 Å². The van der Waals surface area contributed by atoms with E-state index in [1.807, 2.05) is 6.07 Å². The molecule has 1 unspecified atom stereocenters. The lowest BCUT2D eigenvalue weighted by Gasteiger charge is -2.02. The number of benzene rings is 1. The molecule has 0 aliphatic carbocycles. The Labute approximate surface area is 86.2 Å². The molecular formula is C10H15ClS. The molecule has 1 rings (SSSR count). The molecule has 0 spiro atoms. The van der Waals surface area contributed by atoms with Crippen LogP contribution < -0.4 is 0 Å². The fraction of sp³-hybridized carbons (Fsp3) is 0.400. The predicted molar refractivity (Wildman–Crippen MR) is 60.5 cm³/mol. The molecule has 68 valence electrons. The fourth-order valence-electron chi connectivity index (χ4n) is 1.02. The third-order valence-corrected chi connectivity index (χ3v) is 1.95. The molecule has 0 N–H and O–H groups in total. The second-order valence-corrected chi connectivity index (χ2v) is 3.75. The SMILES string of the molecule is CC(S)CCc1ccccc1.Cl. The minimum Gasteiger partial charge on any atom is -0.176 e. The summed E-state index contributed by atoms with van der Waals surface area (Å²) >= 11 is 4.33. The van der Waals surface area contributed by atoms with Crippen LogP contribution in [0.15, 0.2) is 30.3 Å². The summed E-state index contributed by atoms with van der Waals surface area (Å²) in [4.78, 5) is 0. The van der Waals surface area contributed by atoms with Crippen molar-refractivity contribution in [3.05, 3.63) is 35.9 Å². The Kier molecular flexibility index (Phi) is 6.31. The van der Waals surface area contributed by atoms with Crippen molar-refractivity contribution in [2.45, 2.75) is 25.0 Å². The number of hydrogen-bond acceptors (Lipinski definition) is 1. The van der Waals surface area contributed by atoms with Crippen molar-refractivity contribution in [3.63, 3.8) is 0 Å². The second kappa shape index (κ2) is 6.38. The fourth-order valence-corrected chi connectivity index (χ4v) is 1.15. The van der Waals surface area contributed by atoms with Gasteiger partial charge in [0.15, 0.2) is 0 Å². The van der Waals surface area contributed by atoms with E-state index >= 15 is 0 Å². The van der Waals surface area contributed by atoms with E-state index in [0.717, 1.165) is 12.8 Å². The lowest BCUT2D eigenvalue weighted by molar-refractivity contribution is 0.816. The average Bonchev–Trinajstić information content (AvgIpc) is 2.03. The molecule has 0 saturated carbocycles. The van der Waals surface area contributed by atoms with Gasteiger partial charge in [-0.3, -0.25) is 0 Å². The lowest BCUT2D eigenvalue weighted by Crippen LogP contribution is -1.93. The molecule has 0 nitrogen and oxygen atoms in total. The van der Waals surface area contributed by atoms with Crippen molar-refractivity contribution in [2.75, 3.05) is 0 Å². The summed E-state index contributed by atoms with van der Waals surface area (Å²) in [6, 6.07) is 10.5. The van der Waals surface area contributed by atoms with Crippen LogP contribution in [-0.2, 0) is 6.42 Å². The number of rotatable bonds is 3. The molecule has 0 radical (unpaired) electrons. The van der Waals surface area contributed by atoms with Gasteiger partial charge in [0.25, 0.3) is 0 Å². The highest BCUT2D eigenvalue weighted by molar-refractivity contribution is 7.80. The summed E-state index contributed by atoms with van der Waals surface area (Å²) in [5, 5.41) is 0.509. The van der Waals surface area contributed by atoms with Crippen molar-refractivity contribution in [1.29, 1.82) is 0 Å². The molecule has 0 fully saturated rings. The van der Waals surface area contributed by atoms with E-state index in [1.54, 1.807) is 0 Å². The Morgan fingerprint density at radius 2 is 1.83 bits per heavy atom. The van der Waals surface area contributed by atoms with E-state index in [1.165, 1.54) is 5.56 Å². The van der Waals surface area contributed by atoms with Gasteiger partial charge < -0.3 is 0 Å². The summed E-state index contributed by atoms with van der Waals surface area (Å²) in [5.74, 6) is 0. The monoisotopic (exact) mass is 202 g/mol. The van der Waals surface area contributed by atoms with Crippen LogP contribution in [0.2, 0.25) is 0 Å². The lowest BCUT2D eigenvalue weighted by atomic mass is 10.1. The number of thiol groups is 1. The van der Waals surface area contributed by atoms with Gasteiger partial charge in [0.2, 0.25) is 0 Å². The highest BCUT2D eigenvalue weighted by Crippen LogP contribution is 2.07. The highest BCUT2D eigenvalue weighted by atomic mass is 35.5. The summed E-state index contributed by atoms with van der Waals surface area (Å²) in [5.41, 5.74) is 1.41. The van der Waals surface area contributed by atoms with E-state index in [0.29, 0.717) is 5.25 Å². The first-order valence-corrected chi connectivity index (χ1v) is 4.52. The predicted octanol–water partition coefficient (Wildman–Crippen LogP) is 3.36. The van der Waals surface area contributed by atoms with Gasteiger partial charge in [0, 0.05) is 0 Å². The standard InChI is InChI=1S/C10H14S.ClH/c1-9(11)7-8-10-5-3-2-4-6-10;/h2-6,9,11H,7-8H2,1H3;1H. The minimum atomic E-state index is 0. The molecule has 0 bridgehead atoms. The molecule has 0 amide bonds. The maximum absolute atomic E-state index is 4.33. The Balaban J connectivity index is 0.00000121. The maximum atomic E-state index is 4.33. The molecular weight excluding hydrogens is 188 g/mol. The molecule has 0 saturated heterocycles. The molecule has 0 heterocycles. The van der Waals surface area contributed by atoms with E-state index in [4.69, 9.17) is 0 Å². The molecule has 1 aromatic rings. The summed E-state index contributed by atoms with van der Waals surface area (Å²) in [7, 11) is 0. The van der Waals surface area contributed by atoms with Crippen LogP contribution in [0, 0.1) is 0 Å². The van der Waals surface area contributed by atoms with Crippen molar-refractivity contribution in [2.24, 2.45) is 0 Å². The topological polar surface area (TPSA) is 0 Å². The first-order valence-electron chi connectivity index (χ1n) is 4.01. The van der Waals surface area contributed by atoms with E-state index in [-0.39, 0.29) is 12.4 Å². The van der Waals surface area contributed by atoms with Crippen LogP contribution in [0.5, 0.6) is 0 Å². The first kappa shape index (κ1) is 11.9. The number of aryl methyl sites for hydroxylation is 1. The first-order chi connectivity index (χ1) is 5.29. The minimum absolute atomic E-state index is 0. The van der Waals surface area contributed by atoms with Crippen LogP contribution in [0.3, 0.4) is 0 Å². The van der Waals surface area contributed by atoms with E-state index in [2.05, 4.69) is 43.8 Å². The Morgan fingerprint density at radius 3 is 2.33 bits per heavy atom. The maximum Gasteiger partial charge on any atom is -0.000843 e. The number of halogens is 1. The van der Waals surface area contributed by atoms with Crippen LogP contribution >= 0.6 is 25.0 Å². The van der Waals surface area contributed by atoms with Crippen molar-refractivity contribution in [1.82, 2.24) is 0 Å². The quantitative estimate of drug-likeness (QED) is 0.715. The molecule has 1 aromatic carbocycles. The van der Waals surface area contributed by atoms with E-state index < -0.39 is 0 Å². The normalized spacial score (nSPS) is 11.8. The van der Waals surface area contributed by atoms with Crippen LogP contribution in [-0.4, -0.2) is 5.25 Å². The number of hydrogen-bond donors (Lipinski definition) is 1. The third kappa shape index (κ3) is 4.68. The Hall–Kier alpha value is -0.140. The zero-order valence-electron chi connectivity index (χ0n) is 7.23. The smallest absolute Gasteiger partial charge is 0.000843 e. The molecule has 0 aliphatic rings. The molecule has 1 atom stereocenters. The van der Waals surface area contributed by atoms with Crippen LogP contribution in [0.4, 0.5) is 0 Å². The summed E-state index contributed by atoms with van der Waals surface area (Å²) < 4.78 is 0. The highest BCUT2D eigenvalue weighted by Gasteiger charge is 1.95. The summed E-state index contributed by atoms with van der Waals surface area (Å²) in [6.07, 6.45) is 2.30. The van der Waals surface area contributed by atoms with Crippen LogP contribution in [0.25, 0.3) is 0 Å². The van der Waals surface area contributed by atoms with E-state index in [9.17, 15) is 0 Å². The zero-order valence-corrected chi connectivity index (χ0v) is 8.94.